The van der Waals surface area contributed by atoms with E-state index in [9.17, 15) is 9.59 Å². The van der Waals surface area contributed by atoms with E-state index < -0.39 is 5.41 Å². The van der Waals surface area contributed by atoms with Crippen LogP contribution in [0.2, 0.25) is 0 Å². The highest BCUT2D eigenvalue weighted by Crippen LogP contribution is 2.36. The number of likely N-dealkylation sites (tertiary alicyclic amines) is 1. The van der Waals surface area contributed by atoms with Gasteiger partial charge < -0.3 is 10.2 Å². The van der Waals surface area contributed by atoms with Gasteiger partial charge in [-0.3, -0.25) is 14.6 Å². The zero-order chi connectivity index (χ0) is 22.6. The third kappa shape index (κ3) is 4.75. The van der Waals surface area contributed by atoms with Crippen molar-refractivity contribution in [3.05, 3.63) is 76.2 Å². The number of piperidine rings is 1. The summed E-state index contributed by atoms with van der Waals surface area (Å²) in [6.45, 7) is 5.65. The number of thiophene rings is 1. The Hall–Kier alpha value is -2.99. The molecule has 5 nitrogen and oxygen atoms in total. The van der Waals surface area contributed by atoms with Crippen LogP contribution in [0.15, 0.2) is 60.9 Å². The van der Waals surface area contributed by atoms with Gasteiger partial charge in [0.1, 0.15) is 0 Å². The second-order valence-corrected chi connectivity index (χ2v) is 9.79. The summed E-state index contributed by atoms with van der Waals surface area (Å²) in [5.74, 6) is 0.0622. The molecular formula is C26H29N3O2S. The topological polar surface area (TPSA) is 62.3 Å². The largest absolute Gasteiger partial charge is 0.356 e. The molecule has 32 heavy (non-hydrogen) atoms. The van der Waals surface area contributed by atoms with Crippen molar-refractivity contribution >= 4 is 23.2 Å². The van der Waals surface area contributed by atoms with Crippen LogP contribution in [0.5, 0.6) is 0 Å². The Morgan fingerprint density at radius 1 is 1.16 bits per heavy atom. The van der Waals surface area contributed by atoms with Crippen LogP contribution in [-0.4, -0.2) is 41.3 Å². The third-order valence-corrected chi connectivity index (χ3v) is 7.09. The number of rotatable bonds is 6. The zero-order valence-electron chi connectivity index (χ0n) is 18.6. The lowest BCUT2D eigenvalue weighted by atomic mass is 9.74. The molecule has 2 aromatic heterocycles. The summed E-state index contributed by atoms with van der Waals surface area (Å²) in [6.07, 6.45) is 5.79. The van der Waals surface area contributed by atoms with E-state index in [2.05, 4.69) is 28.5 Å². The summed E-state index contributed by atoms with van der Waals surface area (Å²) in [7, 11) is 0. The molecule has 0 aliphatic carbocycles. The van der Waals surface area contributed by atoms with Gasteiger partial charge in [0, 0.05) is 36.9 Å². The number of hydrogen-bond acceptors (Lipinski definition) is 4. The third-order valence-electron chi connectivity index (χ3n) is 6.10. The van der Waals surface area contributed by atoms with Crippen molar-refractivity contribution in [1.29, 1.82) is 0 Å². The second kappa shape index (κ2) is 9.65. The normalized spacial score (nSPS) is 18.4. The van der Waals surface area contributed by atoms with Gasteiger partial charge in [0.25, 0.3) is 5.91 Å². The minimum absolute atomic E-state index is 0.0283. The first-order valence-electron chi connectivity index (χ1n) is 11.1. The number of amides is 2. The van der Waals surface area contributed by atoms with E-state index in [1.165, 1.54) is 11.3 Å². The lowest BCUT2D eigenvalue weighted by Gasteiger charge is -2.41. The molecule has 1 N–H and O–H groups in total. The number of carbonyl (C=O) groups is 2. The first kappa shape index (κ1) is 22.2. The van der Waals surface area contributed by atoms with Gasteiger partial charge in [0.15, 0.2) is 0 Å². The number of nitrogens with zero attached hydrogens (tertiary/aromatic N) is 2. The predicted molar refractivity (Wildman–Crippen MR) is 129 cm³/mol. The maximum atomic E-state index is 13.3. The molecule has 4 rings (SSSR count). The van der Waals surface area contributed by atoms with Gasteiger partial charge in [0.05, 0.1) is 10.3 Å². The van der Waals surface area contributed by atoms with Crippen molar-refractivity contribution in [1.82, 2.24) is 15.2 Å². The van der Waals surface area contributed by atoms with Gasteiger partial charge in [0.2, 0.25) is 5.91 Å². The van der Waals surface area contributed by atoms with E-state index >= 15 is 0 Å². The molecule has 6 heteroatoms. The summed E-state index contributed by atoms with van der Waals surface area (Å²) in [6, 6.07) is 16.1. The number of carbonyl (C=O) groups excluding carboxylic acids is 2. The van der Waals surface area contributed by atoms with Crippen LogP contribution in [0.25, 0.3) is 11.1 Å². The molecule has 0 radical (unpaired) electrons. The van der Waals surface area contributed by atoms with Gasteiger partial charge in [-0.15, -0.1) is 11.3 Å². The molecular weight excluding hydrogens is 418 g/mol. The van der Waals surface area contributed by atoms with E-state index in [0.29, 0.717) is 26.1 Å². The summed E-state index contributed by atoms with van der Waals surface area (Å²) < 4.78 is 0. The van der Waals surface area contributed by atoms with Crippen molar-refractivity contribution < 1.29 is 9.59 Å². The van der Waals surface area contributed by atoms with Gasteiger partial charge in [-0.1, -0.05) is 30.3 Å². The molecule has 2 amide bonds. The Labute approximate surface area is 193 Å². The Morgan fingerprint density at radius 2 is 2.00 bits per heavy atom. The molecule has 1 aliphatic heterocycles. The maximum absolute atomic E-state index is 13.3. The monoisotopic (exact) mass is 447 g/mol. The number of aryl methyl sites for hydroxylation is 1. The lowest BCUT2D eigenvalue weighted by Crippen LogP contribution is -2.54. The standard InChI is InChI=1S/C26H29N3O2S/c1-3-28-25(31)26(12-6-14-29(18-26)24(30)23-11-10-19(2)32-23)16-20-7-4-8-21(15-20)22-9-5-13-27-17-22/h4-5,7-11,13,15,17H,3,6,12,14,16,18H2,1-2H3,(H,28,31)/t26-/m0/s1. The number of benzene rings is 1. The fraction of sp³-hybridized carbons (Fsp3) is 0.346. The summed E-state index contributed by atoms with van der Waals surface area (Å²) in [5.41, 5.74) is 2.59. The quantitative estimate of drug-likeness (QED) is 0.595. The number of pyridine rings is 1. The Morgan fingerprint density at radius 3 is 2.72 bits per heavy atom. The maximum Gasteiger partial charge on any atom is 0.263 e. The van der Waals surface area contributed by atoms with E-state index in [1.54, 1.807) is 6.20 Å². The molecule has 166 valence electrons. The zero-order valence-corrected chi connectivity index (χ0v) is 19.5. The number of hydrogen-bond donors (Lipinski definition) is 1. The molecule has 1 aliphatic rings. The van der Waals surface area contributed by atoms with Gasteiger partial charge >= 0.3 is 0 Å². The van der Waals surface area contributed by atoms with Crippen LogP contribution in [0.3, 0.4) is 0 Å². The minimum atomic E-state index is -0.635. The van der Waals surface area contributed by atoms with E-state index in [-0.39, 0.29) is 11.8 Å². The van der Waals surface area contributed by atoms with E-state index in [1.807, 2.05) is 55.3 Å². The molecule has 1 aromatic carbocycles. The van der Waals surface area contributed by atoms with Gasteiger partial charge in [-0.25, -0.2) is 0 Å². The van der Waals surface area contributed by atoms with Crippen molar-refractivity contribution in [2.45, 2.75) is 33.1 Å². The van der Waals surface area contributed by atoms with Crippen LogP contribution in [-0.2, 0) is 11.2 Å². The van der Waals surface area contributed by atoms with Crippen LogP contribution in [0.1, 0.15) is 39.9 Å². The summed E-state index contributed by atoms with van der Waals surface area (Å²) in [5, 5.41) is 3.04. The second-order valence-electron chi connectivity index (χ2n) is 8.50. The molecule has 3 heterocycles. The molecule has 3 aromatic rings. The number of aromatic nitrogens is 1. The Bertz CT molecular complexity index is 1100. The first-order valence-corrected chi connectivity index (χ1v) is 12.0. The van der Waals surface area contributed by atoms with Crippen molar-refractivity contribution in [2.75, 3.05) is 19.6 Å². The minimum Gasteiger partial charge on any atom is -0.356 e. The highest BCUT2D eigenvalue weighted by molar-refractivity contribution is 7.13. The molecule has 0 unspecified atom stereocenters. The smallest absolute Gasteiger partial charge is 0.263 e. The molecule has 0 saturated carbocycles. The summed E-state index contributed by atoms with van der Waals surface area (Å²) >= 11 is 1.51. The highest BCUT2D eigenvalue weighted by atomic mass is 32.1. The molecule has 1 fully saturated rings. The van der Waals surface area contributed by atoms with Gasteiger partial charge in [-0.05, 0) is 68.0 Å². The van der Waals surface area contributed by atoms with E-state index in [4.69, 9.17) is 0 Å². The van der Waals surface area contributed by atoms with Crippen molar-refractivity contribution in [3.8, 4) is 11.1 Å². The fourth-order valence-electron chi connectivity index (χ4n) is 4.55. The SMILES string of the molecule is CCNC(=O)[C@]1(Cc2cccc(-c3cccnc3)c2)CCCN(C(=O)c2ccc(C)s2)C1. The van der Waals surface area contributed by atoms with Crippen LogP contribution < -0.4 is 5.32 Å². The fourth-order valence-corrected chi connectivity index (χ4v) is 5.39. The lowest BCUT2D eigenvalue weighted by molar-refractivity contribution is -0.133. The number of nitrogens with one attached hydrogen (secondary N) is 1. The molecule has 1 atom stereocenters. The van der Waals surface area contributed by atoms with Crippen LogP contribution in [0.4, 0.5) is 0 Å². The Kier molecular flexibility index (Phi) is 6.70. The van der Waals surface area contributed by atoms with Crippen molar-refractivity contribution in [2.24, 2.45) is 5.41 Å². The van der Waals surface area contributed by atoms with E-state index in [0.717, 1.165) is 39.3 Å². The average molecular weight is 448 g/mol. The predicted octanol–water partition coefficient (Wildman–Crippen LogP) is 4.72. The van der Waals surface area contributed by atoms with Crippen LogP contribution in [0, 0.1) is 12.3 Å². The molecule has 0 spiro atoms. The molecule has 0 bridgehead atoms. The van der Waals surface area contributed by atoms with Crippen LogP contribution >= 0.6 is 11.3 Å². The highest BCUT2D eigenvalue weighted by Gasteiger charge is 2.43. The van der Waals surface area contributed by atoms with Crippen molar-refractivity contribution in [3.63, 3.8) is 0 Å². The Balaban J connectivity index is 1.62. The van der Waals surface area contributed by atoms with Gasteiger partial charge in [-0.2, -0.15) is 0 Å². The first-order chi connectivity index (χ1) is 15.5. The summed E-state index contributed by atoms with van der Waals surface area (Å²) in [4.78, 5) is 34.5. The average Bonchev–Trinajstić information content (AvgIpc) is 3.26. The molecule has 1 saturated heterocycles.